The van der Waals surface area contributed by atoms with Gasteiger partial charge in [-0.3, -0.25) is 9.79 Å². The third-order valence-corrected chi connectivity index (χ3v) is 3.43. The lowest BCUT2D eigenvalue weighted by molar-refractivity contribution is -0.114. The van der Waals surface area contributed by atoms with Crippen LogP contribution in [-0.4, -0.2) is 17.2 Å². The Hall–Kier alpha value is -1.89. The molecule has 0 radical (unpaired) electrons. The first-order chi connectivity index (χ1) is 9.56. The van der Waals surface area contributed by atoms with Crippen molar-refractivity contribution in [2.45, 2.75) is 6.92 Å². The predicted octanol–water partition coefficient (Wildman–Crippen LogP) is 3.71. The first-order valence-electron chi connectivity index (χ1n) is 5.95. The zero-order chi connectivity index (χ0) is 14.5. The second kappa shape index (κ2) is 6.51. The van der Waals surface area contributed by atoms with E-state index >= 15 is 0 Å². The van der Waals surface area contributed by atoms with Gasteiger partial charge in [0.1, 0.15) is 5.75 Å². The fourth-order valence-corrected chi connectivity index (χ4v) is 2.13. The van der Waals surface area contributed by atoms with Crippen molar-refractivity contribution in [1.29, 1.82) is 0 Å². The molecule has 0 aliphatic heterocycles. The van der Waals surface area contributed by atoms with E-state index in [1.54, 1.807) is 36.5 Å². The maximum absolute atomic E-state index is 10.9. The van der Waals surface area contributed by atoms with Crippen molar-refractivity contribution in [2.75, 3.05) is 5.32 Å². The molecular weight excluding hydrogens is 367 g/mol. The number of phenols is 1. The Morgan fingerprint density at radius 2 is 1.95 bits per heavy atom. The van der Waals surface area contributed by atoms with Gasteiger partial charge in [0.25, 0.3) is 0 Å². The number of hydrogen-bond donors (Lipinski definition) is 2. The maximum Gasteiger partial charge on any atom is 0.221 e. The Bertz CT molecular complexity index is 651. The molecule has 0 fully saturated rings. The quantitative estimate of drug-likeness (QED) is 0.630. The second-order valence-corrected chi connectivity index (χ2v) is 5.33. The van der Waals surface area contributed by atoms with E-state index in [9.17, 15) is 9.90 Å². The summed E-state index contributed by atoms with van der Waals surface area (Å²) < 4.78 is 0.785. The van der Waals surface area contributed by atoms with Gasteiger partial charge in [0.05, 0.1) is 9.26 Å². The molecule has 2 aromatic carbocycles. The number of carbonyl (C=O) groups excluding carboxylic acids is 1. The van der Waals surface area contributed by atoms with Crippen molar-refractivity contribution < 1.29 is 9.90 Å². The minimum atomic E-state index is -0.106. The summed E-state index contributed by atoms with van der Waals surface area (Å²) >= 11 is 2.07. The van der Waals surface area contributed by atoms with E-state index in [1.807, 2.05) is 12.1 Å². The minimum absolute atomic E-state index is 0.106. The van der Waals surface area contributed by atoms with Crippen LogP contribution in [0.3, 0.4) is 0 Å². The average Bonchev–Trinajstić information content (AvgIpc) is 2.41. The number of halogens is 1. The van der Waals surface area contributed by atoms with Crippen molar-refractivity contribution in [3.8, 4) is 5.75 Å². The van der Waals surface area contributed by atoms with Gasteiger partial charge in [-0.1, -0.05) is 6.07 Å². The van der Waals surface area contributed by atoms with Crippen LogP contribution >= 0.6 is 22.6 Å². The monoisotopic (exact) mass is 380 g/mol. The summed E-state index contributed by atoms with van der Waals surface area (Å²) in [5.74, 6) is 0.122. The Balaban J connectivity index is 2.15. The van der Waals surface area contributed by atoms with E-state index in [-0.39, 0.29) is 11.7 Å². The van der Waals surface area contributed by atoms with Gasteiger partial charge >= 0.3 is 0 Å². The van der Waals surface area contributed by atoms with E-state index in [2.05, 4.69) is 32.9 Å². The molecule has 102 valence electrons. The Kier molecular flexibility index (Phi) is 4.73. The molecule has 2 aromatic rings. The van der Waals surface area contributed by atoms with E-state index in [0.717, 1.165) is 14.9 Å². The fraction of sp³-hybridized carbons (Fsp3) is 0.0667. The smallest absolute Gasteiger partial charge is 0.221 e. The number of para-hydroxylation sites is 1. The summed E-state index contributed by atoms with van der Waals surface area (Å²) in [6.45, 7) is 1.46. The highest BCUT2D eigenvalue weighted by atomic mass is 127. The van der Waals surface area contributed by atoms with Crippen LogP contribution in [0.4, 0.5) is 11.4 Å². The number of aromatic hydroxyl groups is 1. The molecule has 2 rings (SSSR count). The highest BCUT2D eigenvalue weighted by Gasteiger charge is 2.01. The number of benzene rings is 2. The first kappa shape index (κ1) is 14.5. The number of nitrogens with zero attached hydrogens (tertiary/aromatic N) is 1. The van der Waals surface area contributed by atoms with Crippen LogP contribution in [0.15, 0.2) is 47.5 Å². The molecule has 20 heavy (non-hydrogen) atoms. The van der Waals surface area contributed by atoms with Crippen molar-refractivity contribution >= 4 is 46.1 Å². The molecule has 1 amide bonds. The lowest BCUT2D eigenvalue weighted by Crippen LogP contribution is -2.04. The molecule has 0 atom stereocenters. The third kappa shape index (κ3) is 3.80. The van der Waals surface area contributed by atoms with Crippen molar-refractivity contribution in [1.82, 2.24) is 0 Å². The molecule has 0 saturated heterocycles. The van der Waals surface area contributed by atoms with Gasteiger partial charge in [-0.25, -0.2) is 0 Å². The van der Waals surface area contributed by atoms with Crippen LogP contribution in [0.2, 0.25) is 0 Å². The number of carbonyl (C=O) groups is 1. The minimum Gasteiger partial charge on any atom is -0.506 e. The second-order valence-electron chi connectivity index (χ2n) is 4.16. The lowest BCUT2D eigenvalue weighted by Gasteiger charge is -2.02. The van der Waals surface area contributed by atoms with Crippen LogP contribution < -0.4 is 5.32 Å². The summed E-state index contributed by atoms with van der Waals surface area (Å²) in [5.41, 5.74) is 2.15. The SMILES string of the molecule is CC(=O)Nc1ccc(N=Cc2cccc(I)c2O)cc1. The average molecular weight is 380 g/mol. The van der Waals surface area contributed by atoms with Gasteiger partial charge in [0.15, 0.2) is 0 Å². The van der Waals surface area contributed by atoms with Gasteiger partial charge in [0.2, 0.25) is 5.91 Å². The van der Waals surface area contributed by atoms with Crippen molar-refractivity contribution in [3.63, 3.8) is 0 Å². The molecule has 5 heteroatoms. The molecule has 0 bridgehead atoms. The molecule has 2 N–H and O–H groups in total. The largest absolute Gasteiger partial charge is 0.506 e. The molecule has 0 aromatic heterocycles. The predicted molar refractivity (Wildman–Crippen MR) is 88.8 cm³/mol. The van der Waals surface area contributed by atoms with Crippen LogP contribution in [-0.2, 0) is 4.79 Å². The van der Waals surface area contributed by atoms with E-state index in [0.29, 0.717) is 5.56 Å². The third-order valence-electron chi connectivity index (χ3n) is 2.56. The fourth-order valence-electron chi connectivity index (χ4n) is 1.61. The van der Waals surface area contributed by atoms with Crippen molar-refractivity contribution in [3.05, 3.63) is 51.6 Å². The molecule has 0 saturated carbocycles. The number of hydrogen-bond acceptors (Lipinski definition) is 3. The Morgan fingerprint density at radius 1 is 1.25 bits per heavy atom. The zero-order valence-electron chi connectivity index (χ0n) is 10.8. The number of nitrogens with one attached hydrogen (secondary N) is 1. The zero-order valence-corrected chi connectivity index (χ0v) is 13.0. The van der Waals surface area contributed by atoms with Crippen LogP contribution in [0, 0.1) is 3.57 Å². The topological polar surface area (TPSA) is 61.7 Å². The van der Waals surface area contributed by atoms with Crippen molar-refractivity contribution in [2.24, 2.45) is 4.99 Å². The molecule has 0 aliphatic carbocycles. The number of aliphatic imine (C=N–C) groups is 1. The molecule has 4 nitrogen and oxygen atoms in total. The molecule has 0 heterocycles. The number of anilines is 1. The van der Waals surface area contributed by atoms with E-state index in [4.69, 9.17) is 0 Å². The van der Waals surface area contributed by atoms with Gasteiger partial charge in [-0.2, -0.15) is 0 Å². The Morgan fingerprint density at radius 3 is 2.60 bits per heavy atom. The number of rotatable bonds is 3. The van der Waals surface area contributed by atoms with Gasteiger partial charge in [-0.05, 0) is 59.0 Å². The molecule has 0 spiro atoms. The highest BCUT2D eigenvalue weighted by molar-refractivity contribution is 14.1. The summed E-state index contributed by atoms with van der Waals surface area (Å²) in [7, 11) is 0. The normalized spacial score (nSPS) is 10.7. The first-order valence-corrected chi connectivity index (χ1v) is 7.03. The van der Waals surface area contributed by atoms with Crippen LogP contribution in [0.25, 0.3) is 0 Å². The standard InChI is InChI=1S/C15H13IN2O2/c1-10(19)18-13-7-5-12(6-8-13)17-9-11-3-2-4-14(16)15(11)20/h2-9,20H,1H3,(H,18,19). The molecule has 0 aliphatic rings. The van der Waals surface area contributed by atoms with Crippen LogP contribution in [0.5, 0.6) is 5.75 Å². The summed E-state index contributed by atoms with van der Waals surface area (Å²) in [4.78, 5) is 15.2. The lowest BCUT2D eigenvalue weighted by atomic mass is 10.2. The summed E-state index contributed by atoms with van der Waals surface area (Å²) in [6.07, 6.45) is 1.62. The maximum atomic E-state index is 10.9. The number of amides is 1. The van der Waals surface area contributed by atoms with E-state index < -0.39 is 0 Å². The Labute approximate surface area is 130 Å². The highest BCUT2D eigenvalue weighted by Crippen LogP contribution is 2.23. The van der Waals surface area contributed by atoms with E-state index in [1.165, 1.54) is 6.92 Å². The molecular formula is C15H13IN2O2. The van der Waals surface area contributed by atoms with Crippen LogP contribution in [0.1, 0.15) is 12.5 Å². The van der Waals surface area contributed by atoms with Gasteiger partial charge < -0.3 is 10.4 Å². The number of phenolic OH excluding ortho intramolecular Hbond substituents is 1. The van der Waals surface area contributed by atoms with Gasteiger partial charge in [0, 0.05) is 24.4 Å². The summed E-state index contributed by atoms with van der Waals surface area (Å²) in [5, 5.41) is 12.6. The molecule has 0 unspecified atom stereocenters. The van der Waals surface area contributed by atoms with Gasteiger partial charge in [-0.15, -0.1) is 0 Å². The summed E-state index contributed by atoms with van der Waals surface area (Å²) in [6, 6.07) is 12.6.